The van der Waals surface area contributed by atoms with Crippen molar-refractivity contribution in [3.05, 3.63) is 48.0 Å². The van der Waals surface area contributed by atoms with Crippen LogP contribution in [0, 0.1) is 0 Å². The Hall–Kier alpha value is -2.30. The van der Waals surface area contributed by atoms with E-state index in [9.17, 15) is 9.90 Å². The number of phenolic OH excluding ortho intramolecular Hbond substituents is 1. The average Bonchev–Trinajstić information content (AvgIpc) is 2.87. The second kappa shape index (κ2) is 5.56. The minimum absolute atomic E-state index is 0.117. The maximum absolute atomic E-state index is 11.8. The van der Waals surface area contributed by atoms with E-state index >= 15 is 0 Å². The topological polar surface area (TPSA) is 64.3 Å². The normalized spacial score (nSPS) is 12.1. The van der Waals surface area contributed by atoms with Crippen LogP contribution in [0.15, 0.2) is 36.8 Å². The zero-order valence-corrected chi connectivity index (χ0v) is 10.9. The summed E-state index contributed by atoms with van der Waals surface area (Å²) < 4.78 is 6.72. The summed E-state index contributed by atoms with van der Waals surface area (Å²) in [4.78, 5) is 15.8. The van der Waals surface area contributed by atoms with Gasteiger partial charge in [-0.15, -0.1) is 0 Å². The van der Waals surface area contributed by atoms with Crippen LogP contribution < -0.4 is 0 Å². The number of hydrogen-bond donors (Lipinski definition) is 1. The maximum atomic E-state index is 11.8. The molecular formula is C14H16N2O3. The van der Waals surface area contributed by atoms with Crippen molar-refractivity contribution in [1.82, 2.24) is 9.55 Å². The molecule has 1 unspecified atom stereocenters. The molecule has 1 aromatic heterocycles. The van der Waals surface area contributed by atoms with E-state index in [-0.39, 0.29) is 11.8 Å². The molecule has 0 amide bonds. The Morgan fingerprint density at radius 1 is 1.53 bits per heavy atom. The van der Waals surface area contributed by atoms with Crippen molar-refractivity contribution in [3.8, 4) is 5.75 Å². The van der Waals surface area contributed by atoms with Crippen LogP contribution in [0.5, 0.6) is 5.75 Å². The summed E-state index contributed by atoms with van der Waals surface area (Å²) in [6.45, 7) is 4.01. The summed E-state index contributed by atoms with van der Waals surface area (Å²) in [5, 5.41) is 9.51. The third-order valence-electron chi connectivity index (χ3n) is 2.92. The zero-order chi connectivity index (χ0) is 13.8. The summed E-state index contributed by atoms with van der Waals surface area (Å²) in [5.74, 6) is -0.200. The van der Waals surface area contributed by atoms with Crippen LogP contribution in [0.4, 0.5) is 0 Å². The Labute approximate surface area is 111 Å². The Morgan fingerprint density at radius 3 is 3.00 bits per heavy atom. The van der Waals surface area contributed by atoms with Crippen molar-refractivity contribution >= 4 is 5.97 Å². The average molecular weight is 260 g/mol. The first-order chi connectivity index (χ1) is 9.13. The SMILES string of the molecule is CCOC(=O)c1cncn1C(C)c1cccc(O)c1. The standard InChI is InChI=1S/C14H16N2O3/c1-3-19-14(18)13-8-15-9-16(13)10(2)11-5-4-6-12(17)7-11/h4-10,17H,3H2,1-2H3. The molecule has 0 radical (unpaired) electrons. The van der Waals surface area contributed by atoms with Crippen molar-refractivity contribution in [2.24, 2.45) is 0 Å². The van der Waals surface area contributed by atoms with Crippen molar-refractivity contribution in [2.45, 2.75) is 19.9 Å². The van der Waals surface area contributed by atoms with Crippen molar-refractivity contribution < 1.29 is 14.6 Å². The van der Waals surface area contributed by atoms with Crippen LogP contribution in [0.3, 0.4) is 0 Å². The molecular weight excluding hydrogens is 244 g/mol. The number of nitrogens with zero attached hydrogens (tertiary/aromatic N) is 2. The number of imidazole rings is 1. The highest BCUT2D eigenvalue weighted by atomic mass is 16.5. The van der Waals surface area contributed by atoms with Crippen LogP contribution in [0.25, 0.3) is 0 Å². The van der Waals surface area contributed by atoms with E-state index in [1.54, 1.807) is 36.0 Å². The van der Waals surface area contributed by atoms with Crippen molar-refractivity contribution in [3.63, 3.8) is 0 Å². The molecule has 0 saturated carbocycles. The number of carbonyl (C=O) groups is 1. The Morgan fingerprint density at radius 2 is 2.32 bits per heavy atom. The summed E-state index contributed by atoms with van der Waals surface area (Å²) in [7, 11) is 0. The van der Waals surface area contributed by atoms with Crippen molar-refractivity contribution in [1.29, 1.82) is 0 Å². The predicted molar refractivity (Wildman–Crippen MR) is 70.1 cm³/mol. The number of phenols is 1. The second-order valence-corrected chi connectivity index (χ2v) is 4.18. The molecule has 0 fully saturated rings. The van der Waals surface area contributed by atoms with E-state index in [2.05, 4.69) is 4.98 Å². The Balaban J connectivity index is 2.32. The van der Waals surface area contributed by atoms with Gasteiger partial charge in [-0.2, -0.15) is 0 Å². The molecule has 0 saturated heterocycles. The number of hydrogen-bond acceptors (Lipinski definition) is 4. The lowest BCUT2D eigenvalue weighted by Gasteiger charge is -2.16. The van der Waals surface area contributed by atoms with Crippen molar-refractivity contribution in [2.75, 3.05) is 6.61 Å². The third-order valence-corrected chi connectivity index (χ3v) is 2.92. The van der Waals surface area contributed by atoms with Gasteiger partial charge in [-0.1, -0.05) is 12.1 Å². The summed E-state index contributed by atoms with van der Waals surface area (Å²) in [6.07, 6.45) is 3.07. The molecule has 0 spiro atoms. The van der Waals surface area contributed by atoms with E-state index < -0.39 is 5.97 Å². The van der Waals surface area contributed by atoms with Crippen LogP contribution in [-0.4, -0.2) is 27.2 Å². The van der Waals surface area contributed by atoms with Crippen LogP contribution >= 0.6 is 0 Å². The molecule has 0 aliphatic carbocycles. The Kier molecular flexibility index (Phi) is 3.85. The monoisotopic (exact) mass is 260 g/mol. The van der Waals surface area contributed by atoms with E-state index in [1.807, 2.05) is 13.0 Å². The molecule has 0 aliphatic heterocycles. The molecule has 0 bridgehead atoms. The molecule has 1 N–H and O–H groups in total. The first-order valence-electron chi connectivity index (χ1n) is 6.11. The second-order valence-electron chi connectivity index (χ2n) is 4.18. The van der Waals surface area contributed by atoms with Gasteiger partial charge in [0.1, 0.15) is 11.4 Å². The van der Waals surface area contributed by atoms with E-state index in [0.717, 1.165) is 5.56 Å². The summed E-state index contributed by atoms with van der Waals surface area (Å²) >= 11 is 0. The first-order valence-corrected chi connectivity index (χ1v) is 6.11. The third kappa shape index (κ3) is 2.76. The van der Waals surface area contributed by atoms with Crippen LogP contribution in [0.1, 0.15) is 35.9 Å². The van der Waals surface area contributed by atoms with E-state index in [1.165, 1.54) is 6.20 Å². The predicted octanol–water partition coefficient (Wildman–Crippen LogP) is 2.37. The van der Waals surface area contributed by atoms with Crippen LogP contribution in [0.2, 0.25) is 0 Å². The number of aromatic hydroxyl groups is 1. The van der Waals surface area contributed by atoms with Gasteiger partial charge < -0.3 is 14.4 Å². The molecule has 5 nitrogen and oxygen atoms in total. The fraction of sp³-hybridized carbons (Fsp3) is 0.286. The minimum Gasteiger partial charge on any atom is -0.508 e. The van der Waals surface area contributed by atoms with Gasteiger partial charge >= 0.3 is 5.97 Å². The molecule has 19 heavy (non-hydrogen) atoms. The fourth-order valence-corrected chi connectivity index (χ4v) is 1.92. The number of carbonyl (C=O) groups excluding carboxylic acids is 1. The highest BCUT2D eigenvalue weighted by Crippen LogP contribution is 2.23. The smallest absolute Gasteiger partial charge is 0.356 e. The van der Waals surface area contributed by atoms with Gasteiger partial charge in [0.25, 0.3) is 0 Å². The molecule has 0 aliphatic rings. The van der Waals surface area contributed by atoms with Gasteiger partial charge in [0.15, 0.2) is 0 Å². The van der Waals surface area contributed by atoms with Crippen LogP contribution in [-0.2, 0) is 4.74 Å². The Bertz CT molecular complexity index is 578. The molecule has 2 aromatic rings. The summed E-state index contributed by atoms with van der Waals surface area (Å²) in [5.41, 5.74) is 1.29. The fourth-order valence-electron chi connectivity index (χ4n) is 1.92. The zero-order valence-electron chi connectivity index (χ0n) is 10.9. The number of esters is 1. The minimum atomic E-state index is -0.396. The molecule has 5 heteroatoms. The van der Waals surface area contributed by atoms with Gasteiger partial charge in [-0.3, -0.25) is 0 Å². The number of rotatable bonds is 4. The number of aromatic nitrogens is 2. The number of benzene rings is 1. The summed E-state index contributed by atoms with van der Waals surface area (Å²) in [6, 6.07) is 6.81. The highest BCUT2D eigenvalue weighted by Gasteiger charge is 2.18. The molecule has 100 valence electrons. The lowest BCUT2D eigenvalue weighted by Crippen LogP contribution is -2.15. The molecule has 1 atom stereocenters. The van der Waals surface area contributed by atoms with Gasteiger partial charge in [0, 0.05) is 0 Å². The van der Waals surface area contributed by atoms with Gasteiger partial charge in [0.05, 0.1) is 25.2 Å². The van der Waals surface area contributed by atoms with E-state index in [0.29, 0.717) is 12.3 Å². The van der Waals surface area contributed by atoms with Gasteiger partial charge in [0.2, 0.25) is 0 Å². The molecule has 2 rings (SSSR count). The number of ether oxygens (including phenoxy) is 1. The largest absolute Gasteiger partial charge is 0.508 e. The van der Waals surface area contributed by atoms with E-state index in [4.69, 9.17) is 4.74 Å². The highest BCUT2D eigenvalue weighted by molar-refractivity contribution is 5.87. The lowest BCUT2D eigenvalue weighted by atomic mass is 10.1. The maximum Gasteiger partial charge on any atom is 0.356 e. The first kappa shape index (κ1) is 13.1. The quantitative estimate of drug-likeness (QED) is 0.857. The molecule has 1 heterocycles. The lowest BCUT2D eigenvalue weighted by molar-refractivity contribution is 0.0512. The van der Waals surface area contributed by atoms with Gasteiger partial charge in [-0.25, -0.2) is 9.78 Å². The van der Waals surface area contributed by atoms with Gasteiger partial charge in [-0.05, 0) is 31.5 Å². The molecule has 1 aromatic carbocycles.